The average Bonchev–Trinajstić information content (AvgIpc) is 2.61. The Bertz CT molecular complexity index is 822. The number of hydrogen-bond donors (Lipinski definition) is 2. The van der Waals surface area contributed by atoms with E-state index >= 15 is 0 Å². The lowest BCUT2D eigenvalue weighted by Crippen LogP contribution is -2.14. The van der Waals surface area contributed by atoms with Gasteiger partial charge in [-0.15, -0.1) is 0 Å². The Balaban J connectivity index is 2.24. The summed E-state index contributed by atoms with van der Waals surface area (Å²) in [7, 11) is -3.36. The maximum absolute atomic E-state index is 12.4. The molecule has 0 atom stereocenters. The Labute approximate surface area is 129 Å². The summed E-state index contributed by atoms with van der Waals surface area (Å²) in [5, 5.41) is 2.75. The van der Waals surface area contributed by atoms with Crippen LogP contribution < -0.4 is 10.0 Å². The average molecular weight is 322 g/mol. The molecule has 0 spiro atoms. The van der Waals surface area contributed by atoms with Crippen LogP contribution in [0.15, 0.2) is 28.7 Å². The number of carbonyl (C=O) groups is 1. The molecule has 2 rings (SSSR count). The molecular formula is C15H18N2O4S. The van der Waals surface area contributed by atoms with Crippen molar-refractivity contribution in [2.45, 2.75) is 20.8 Å². The van der Waals surface area contributed by atoms with Gasteiger partial charge in [0.2, 0.25) is 10.0 Å². The predicted molar refractivity (Wildman–Crippen MR) is 85.8 cm³/mol. The van der Waals surface area contributed by atoms with Gasteiger partial charge in [0, 0.05) is 11.3 Å². The van der Waals surface area contributed by atoms with E-state index in [9.17, 15) is 13.2 Å². The van der Waals surface area contributed by atoms with Gasteiger partial charge in [-0.25, -0.2) is 8.42 Å². The number of nitrogens with one attached hydrogen (secondary N) is 2. The Morgan fingerprint density at radius 2 is 1.73 bits per heavy atom. The quantitative estimate of drug-likeness (QED) is 0.906. The zero-order chi connectivity index (χ0) is 16.5. The summed E-state index contributed by atoms with van der Waals surface area (Å²) >= 11 is 0. The van der Waals surface area contributed by atoms with Gasteiger partial charge < -0.3 is 9.73 Å². The third-order valence-corrected chi connectivity index (χ3v) is 3.82. The van der Waals surface area contributed by atoms with Crippen molar-refractivity contribution in [1.82, 2.24) is 0 Å². The molecule has 0 unspecified atom stereocenters. The van der Waals surface area contributed by atoms with E-state index in [1.54, 1.807) is 38.1 Å². The lowest BCUT2D eigenvalue weighted by atomic mass is 10.1. The molecule has 1 aromatic heterocycles. The Hall–Kier alpha value is -2.28. The highest BCUT2D eigenvalue weighted by atomic mass is 32.2. The summed E-state index contributed by atoms with van der Waals surface area (Å²) in [5.74, 6) is 0.969. The van der Waals surface area contributed by atoms with Crippen LogP contribution in [0.25, 0.3) is 0 Å². The number of amides is 1. The minimum Gasteiger partial charge on any atom is -0.466 e. The number of aryl methyl sites for hydroxylation is 2. The number of rotatable bonds is 4. The smallest absolute Gasteiger partial charge is 0.259 e. The molecule has 118 valence electrons. The first-order valence-electron chi connectivity index (χ1n) is 6.63. The van der Waals surface area contributed by atoms with Crippen LogP contribution in [-0.4, -0.2) is 20.6 Å². The Morgan fingerprint density at radius 3 is 2.27 bits per heavy atom. The van der Waals surface area contributed by atoms with Crippen LogP contribution in [0.5, 0.6) is 0 Å². The SMILES string of the molecule is Cc1oc(C)c(C(=O)Nc2cccc(NS(C)(=O)=O)c2)c1C. The lowest BCUT2D eigenvalue weighted by molar-refractivity contribution is 0.102. The molecule has 6 nitrogen and oxygen atoms in total. The fraction of sp³-hybridized carbons (Fsp3) is 0.267. The number of benzene rings is 1. The number of furan rings is 1. The molecule has 2 N–H and O–H groups in total. The van der Waals surface area contributed by atoms with E-state index in [-0.39, 0.29) is 5.91 Å². The van der Waals surface area contributed by atoms with E-state index in [2.05, 4.69) is 10.0 Å². The van der Waals surface area contributed by atoms with Gasteiger partial charge in [-0.2, -0.15) is 0 Å². The second kappa shape index (κ2) is 5.84. The van der Waals surface area contributed by atoms with E-state index in [0.717, 1.165) is 11.8 Å². The van der Waals surface area contributed by atoms with Crippen LogP contribution in [-0.2, 0) is 10.0 Å². The zero-order valence-electron chi connectivity index (χ0n) is 12.9. The second-order valence-corrected chi connectivity index (χ2v) is 6.87. The van der Waals surface area contributed by atoms with Gasteiger partial charge in [0.1, 0.15) is 11.5 Å². The highest BCUT2D eigenvalue weighted by molar-refractivity contribution is 7.92. The molecule has 0 aliphatic heterocycles. The minimum absolute atomic E-state index is 0.289. The summed E-state index contributed by atoms with van der Waals surface area (Å²) in [6.07, 6.45) is 1.07. The molecule has 1 aromatic carbocycles. The van der Waals surface area contributed by atoms with Crippen LogP contribution >= 0.6 is 0 Å². The summed E-state index contributed by atoms with van der Waals surface area (Å²) in [6.45, 7) is 5.36. The minimum atomic E-state index is -3.36. The monoisotopic (exact) mass is 322 g/mol. The fourth-order valence-electron chi connectivity index (χ4n) is 2.20. The van der Waals surface area contributed by atoms with Crippen molar-refractivity contribution in [3.05, 3.63) is 46.9 Å². The molecule has 0 fully saturated rings. The maximum Gasteiger partial charge on any atom is 0.259 e. The molecule has 0 aliphatic rings. The molecule has 1 amide bonds. The second-order valence-electron chi connectivity index (χ2n) is 5.12. The maximum atomic E-state index is 12.4. The van der Waals surface area contributed by atoms with Gasteiger partial charge in [0.15, 0.2) is 0 Å². The van der Waals surface area contributed by atoms with Gasteiger partial charge in [0.05, 0.1) is 17.5 Å². The third-order valence-electron chi connectivity index (χ3n) is 3.21. The highest BCUT2D eigenvalue weighted by Crippen LogP contribution is 2.23. The standard InChI is InChI=1S/C15H18N2O4S/c1-9-10(2)21-11(3)14(9)15(18)16-12-6-5-7-13(8-12)17-22(4,19)20/h5-8,17H,1-4H3,(H,16,18). The first kappa shape index (κ1) is 16.1. The molecule has 7 heteroatoms. The predicted octanol–water partition coefficient (Wildman–Crippen LogP) is 2.83. The van der Waals surface area contributed by atoms with E-state index < -0.39 is 10.0 Å². The molecule has 0 saturated heterocycles. The fourth-order valence-corrected chi connectivity index (χ4v) is 2.75. The molecule has 2 aromatic rings. The Morgan fingerprint density at radius 1 is 1.09 bits per heavy atom. The molecule has 0 aliphatic carbocycles. The Kier molecular flexibility index (Phi) is 4.27. The van der Waals surface area contributed by atoms with Crippen molar-refractivity contribution in [2.24, 2.45) is 0 Å². The number of carbonyl (C=O) groups excluding carboxylic acids is 1. The van der Waals surface area contributed by atoms with Crippen molar-refractivity contribution < 1.29 is 17.6 Å². The summed E-state index contributed by atoms with van der Waals surface area (Å²) in [5.41, 5.74) is 2.17. The van der Waals surface area contributed by atoms with Crippen LogP contribution in [0, 0.1) is 20.8 Å². The van der Waals surface area contributed by atoms with Crippen LogP contribution in [0.1, 0.15) is 27.4 Å². The summed E-state index contributed by atoms with van der Waals surface area (Å²) in [4.78, 5) is 12.4. The van der Waals surface area contributed by atoms with Crippen molar-refractivity contribution in [3.63, 3.8) is 0 Å². The largest absolute Gasteiger partial charge is 0.466 e. The number of sulfonamides is 1. The van der Waals surface area contributed by atoms with Crippen molar-refractivity contribution in [2.75, 3.05) is 16.3 Å². The van der Waals surface area contributed by atoms with Gasteiger partial charge in [-0.1, -0.05) is 6.07 Å². The van der Waals surface area contributed by atoms with Crippen LogP contribution in [0.2, 0.25) is 0 Å². The molecule has 22 heavy (non-hydrogen) atoms. The molecule has 0 radical (unpaired) electrons. The zero-order valence-corrected chi connectivity index (χ0v) is 13.7. The summed E-state index contributed by atoms with van der Waals surface area (Å²) < 4.78 is 30.3. The van der Waals surface area contributed by atoms with Gasteiger partial charge in [-0.05, 0) is 39.0 Å². The third kappa shape index (κ3) is 3.67. The lowest BCUT2D eigenvalue weighted by Gasteiger charge is -2.08. The van der Waals surface area contributed by atoms with E-state index in [1.807, 2.05) is 6.92 Å². The van der Waals surface area contributed by atoms with Crippen molar-refractivity contribution in [1.29, 1.82) is 0 Å². The first-order valence-corrected chi connectivity index (χ1v) is 8.52. The van der Waals surface area contributed by atoms with Gasteiger partial charge in [-0.3, -0.25) is 9.52 Å². The van der Waals surface area contributed by atoms with Crippen LogP contribution in [0.3, 0.4) is 0 Å². The normalized spacial score (nSPS) is 11.3. The van der Waals surface area contributed by atoms with Crippen molar-refractivity contribution >= 4 is 27.3 Å². The van der Waals surface area contributed by atoms with Crippen molar-refractivity contribution in [3.8, 4) is 0 Å². The van der Waals surface area contributed by atoms with Gasteiger partial charge >= 0.3 is 0 Å². The van der Waals surface area contributed by atoms with E-state index in [1.165, 1.54) is 0 Å². The number of hydrogen-bond acceptors (Lipinski definition) is 4. The first-order chi connectivity index (χ1) is 10.2. The molecule has 0 saturated carbocycles. The summed E-state index contributed by atoms with van der Waals surface area (Å²) in [6, 6.07) is 6.50. The van der Waals surface area contributed by atoms with Crippen LogP contribution in [0.4, 0.5) is 11.4 Å². The van der Waals surface area contributed by atoms with E-state index in [0.29, 0.717) is 28.5 Å². The molecule has 0 bridgehead atoms. The topological polar surface area (TPSA) is 88.4 Å². The molecular weight excluding hydrogens is 304 g/mol. The number of anilines is 2. The molecule has 1 heterocycles. The van der Waals surface area contributed by atoms with E-state index in [4.69, 9.17) is 4.42 Å². The van der Waals surface area contributed by atoms with Gasteiger partial charge in [0.25, 0.3) is 5.91 Å². The highest BCUT2D eigenvalue weighted by Gasteiger charge is 2.18.